The standard InChI is InChI=1S/2C6H11N2O2.Zn/c2*9-7-8(10)6-4-2-1-3-5-6;/h2*6H,1-5H2;/q2*-1;+2. The largest absolute Gasteiger partial charge is 2.00 e. The van der Waals surface area contributed by atoms with E-state index in [1.54, 1.807) is 0 Å². The van der Waals surface area contributed by atoms with Crippen LogP contribution in [0.5, 0.6) is 0 Å². The SMILES string of the molecule is O=NN([O-])C1CCCCC1.O=NN([O-])C1CCCCC1.[Zn+2]. The molecule has 0 spiro atoms. The Morgan fingerprint density at radius 2 is 0.952 bits per heavy atom. The summed E-state index contributed by atoms with van der Waals surface area (Å²) < 4.78 is 0. The number of nitroso groups, excluding NO2 is 2. The molecule has 0 heterocycles. The normalized spacial score (nSPS) is 19.5. The molecule has 0 aromatic rings. The van der Waals surface area contributed by atoms with Crippen molar-refractivity contribution in [3.63, 3.8) is 0 Å². The number of hydrogen-bond donors (Lipinski definition) is 0. The van der Waals surface area contributed by atoms with Crippen LogP contribution < -0.4 is 0 Å². The average molecular weight is 352 g/mol. The molecule has 116 valence electrons. The molecule has 0 N–H and O–H groups in total. The molecule has 0 bridgehead atoms. The molecule has 9 heteroatoms. The van der Waals surface area contributed by atoms with Gasteiger partial charge in [-0.2, -0.15) is 0 Å². The van der Waals surface area contributed by atoms with Crippen molar-refractivity contribution in [3.8, 4) is 0 Å². The zero-order valence-electron chi connectivity index (χ0n) is 12.4. The third-order valence-corrected chi connectivity index (χ3v) is 3.94. The van der Waals surface area contributed by atoms with Gasteiger partial charge in [-0.25, -0.2) is 0 Å². The summed E-state index contributed by atoms with van der Waals surface area (Å²) in [7, 11) is 0. The molecule has 2 saturated carbocycles. The van der Waals surface area contributed by atoms with Crippen molar-refractivity contribution in [1.29, 1.82) is 0 Å². The third-order valence-electron chi connectivity index (χ3n) is 3.94. The van der Waals surface area contributed by atoms with Crippen LogP contribution in [0.4, 0.5) is 0 Å². The summed E-state index contributed by atoms with van der Waals surface area (Å²) in [4.78, 5) is 19.5. The van der Waals surface area contributed by atoms with E-state index in [-0.39, 0.29) is 31.6 Å². The van der Waals surface area contributed by atoms with Crippen LogP contribution in [0.1, 0.15) is 64.2 Å². The summed E-state index contributed by atoms with van der Waals surface area (Å²) in [6.07, 6.45) is 9.90. The van der Waals surface area contributed by atoms with Gasteiger partial charge in [0.05, 0.1) is 0 Å². The van der Waals surface area contributed by atoms with Gasteiger partial charge in [-0.05, 0) is 25.7 Å². The number of rotatable bonds is 4. The fraction of sp³-hybridized carbons (Fsp3) is 1.00. The number of hydroxylamine groups is 2. The van der Waals surface area contributed by atoms with E-state index in [2.05, 4.69) is 10.6 Å². The fourth-order valence-electron chi connectivity index (χ4n) is 2.74. The van der Waals surface area contributed by atoms with Crippen LogP contribution in [0.3, 0.4) is 0 Å². The monoisotopic (exact) mass is 350 g/mol. The quantitative estimate of drug-likeness (QED) is 0.434. The van der Waals surface area contributed by atoms with Crippen molar-refractivity contribution in [2.45, 2.75) is 76.3 Å². The summed E-state index contributed by atoms with van der Waals surface area (Å²) in [5.74, 6) is 0. The van der Waals surface area contributed by atoms with Crippen LogP contribution in [0, 0.1) is 20.2 Å². The Bertz CT molecular complexity index is 258. The van der Waals surface area contributed by atoms with Gasteiger partial charge in [-0.1, -0.05) is 38.5 Å². The van der Waals surface area contributed by atoms with Gasteiger partial charge in [-0.15, -0.1) is 9.81 Å². The minimum absolute atomic E-state index is 0. The second-order valence-electron chi connectivity index (χ2n) is 5.35. The first-order valence-corrected chi connectivity index (χ1v) is 7.28. The molecule has 21 heavy (non-hydrogen) atoms. The molecule has 2 fully saturated rings. The molecule has 0 aromatic carbocycles. The molecule has 0 unspecified atom stereocenters. The Morgan fingerprint density at radius 3 is 1.19 bits per heavy atom. The van der Waals surface area contributed by atoms with Crippen LogP contribution in [-0.4, -0.2) is 22.4 Å². The Labute approximate surface area is 137 Å². The van der Waals surface area contributed by atoms with Gasteiger partial charge in [0.15, 0.2) is 0 Å². The maximum Gasteiger partial charge on any atom is 2.00 e. The third kappa shape index (κ3) is 7.78. The predicted molar refractivity (Wildman–Crippen MR) is 75.7 cm³/mol. The van der Waals surface area contributed by atoms with E-state index >= 15 is 0 Å². The average Bonchev–Trinajstić information content (AvgIpc) is 2.55. The van der Waals surface area contributed by atoms with Gasteiger partial charge in [-0.3, -0.25) is 0 Å². The summed E-state index contributed by atoms with van der Waals surface area (Å²) in [6, 6.07) is -0.266. The summed E-state index contributed by atoms with van der Waals surface area (Å²) in [6.45, 7) is 0. The van der Waals surface area contributed by atoms with Crippen LogP contribution >= 0.6 is 0 Å². The van der Waals surface area contributed by atoms with E-state index in [0.717, 1.165) is 51.4 Å². The van der Waals surface area contributed by atoms with Gasteiger partial charge in [0.2, 0.25) is 0 Å². The molecule has 8 nitrogen and oxygen atoms in total. The molecule has 0 aliphatic heterocycles. The van der Waals surface area contributed by atoms with E-state index in [9.17, 15) is 20.2 Å². The summed E-state index contributed by atoms with van der Waals surface area (Å²) in [5.41, 5.74) is 0. The topological polar surface area (TPSA) is 111 Å². The van der Waals surface area contributed by atoms with E-state index < -0.39 is 0 Å². The van der Waals surface area contributed by atoms with Crippen molar-refractivity contribution in [3.05, 3.63) is 20.2 Å². The van der Waals surface area contributed by atoms with Crippen LogP contribution in [-0.2, 0) is 19.5 Å². The van der Waals surface area contributed by atoms with Crippen LogP contribution in [0.25, 0.3) is 0 Å². The summed E-state index contributed by atoms with van der Waals surface area (Å²) in [5, 5.41) is 26.5. The molecule has 0 aromatic heterocycles. The van der Waals surface area contributed by atoms with E-state index in [1.807, 2.05) is 0 Å². The molecule has 0 saturated heterocycles. The van der Waals surface area contributed by atoms with Crippen molar-refractivity contribution < 1.29 is 19.5 Å². The molecular weight excluding hydrogens is 330 g/mol. The second kappa shape index (κ2) is 11.9. The van der Waals surface area contributed by atoms with Crippen LogP contribution in [0.2, 0.25) is 0 Å². The first kappa shape index (κ1) is 20.3. The van der Waals surface area contributed by atoms with Gasteiger partial charge >= 0.3 is 19.5 Å². The van der Waals surface area contributed by atoms with Gasteiger partial charge in [0, 0.05) is 22.7 Å². The van der Waals surface area contributed by atoms with E-state index in [0.29, 0.717) is 10.3 Å². The Balaban J connectivity index is 0.000000364. The molecule has 2 aliphatic rings. The molecule has 2 rings (SSSR count). The van der Waals surface area contributed by atoms with E-state index in [1.165, 1.54) is 12.8 Å². The first-order valence-electron chi connectivity index (χ1n) is 7.28. The Hall–Kier alpha value is -0.657. The van der Waals surface area contributed by atoms with Gasteiger partial charge in [0.25, 0.3) is 0 Å². The van der Waals surface area contributed by atoms with Gasteiger partial charge < -0.3 is 20.8 Å². The Kier molecular flexibility index (Phi) is 11.6. The predicted octanol–water partition coefficient (Wildman–Crippen LogP) is 3.60. The molecule has 0 atom stereocenters. The van der Waals surface area contributed by atoms with Crippen molar-refractivity contribution in [2.24, 2.45) is 10.6 Å². The molecule has 0 radical (unpaired) electrons. The summed E-state index contributed by atoms with van der Waals surface area (Å²) >= 11 is 0. The van der Waals surface area contributed by atoms with Crippen molar-refractivity contribution in [1.82, 2.24) is 10.3 Å². The zero-order valence-corrected chi connectivity index (χ0v) is 15.3. The smallest absolute Gasteiger partial charge is 0.739 e. The number of nitrogens with zero attached hydrogens (tertiary/aromatic N) is 4. The minimum Gasteiger partial charge on any atom is -0.739 e. The second-order valence-corrected chi connectivity index (χ2v) is 5.35. The minimum atomic E-state index is -0.133. The zero-order chi connectivity index (χ0) is 14.8. The molecule has 2 aliphatic carbocycles. The molecule has 0 amide bonds. The van der Waals surface area contributed by atoms with E-state index in [4.69, 9.17) is 0 Å². The van der Waals surface area contributed by atoms with Crippen molar-refractivity contribution in [2.75, 3.05) is 0 Å². The number of hydrogen-bond acceptors (Lipinski definition) is 6. The van der Waals surface area contributed by atoms with Gasteiger partial charge in [0.1, 0.15) is 0 Å². The molecular formula is C12H22N4O4Zn. The fourth-order valence-corrected chi connectivity index (χ4v) is 2.74. The maximum atomic E-state index is 10.6. The van der Waals surface area contributed by atoms with Crippen molar-refractivity contribution >= 4 is 0 Å². The van der Waals surface area contributed by atoms with Crippen LogP contribution in [0.15, 0.2) is 10.6 Å². The first-order chi connectivity index (χ1) is 9.69. The maximum absolute atomic E-state index is 10.6. The Morgan fingerprint density at radius 1 is 0.667 bits per heavy atom.